The van der Waals surface area contributed by atoms with Crippen molar-refractivity contribution in [2.45, 2.75) is 52.0 Å². The average Bonchev–Trinajstić information content (AvgIpc) is 2.78. The van der Waals surface area contributed by atoms with Gasteiger partial charge in [-0.2, -0.15) is 0 Å². The van der Waals surface area contributed by atoms with Crippen LogP contribution in [0, 0.1) is 19.3 Å². The third kappa shape index (κ3) is 4.99. The van der Waals surface area contributed by atoms with Crippen molar-refractivity contribution in [3.05, 3.63) is 53.2 Å². The van der Waals surface area contributed by atoms with Gasteiger partial charge >= 0.3 is 0 Å². The van der Waals surface area contributed by atoms with E-state index in [2.05, 4.69) is 61.4 Å². The van der Waals surface area contributed by atoms with Crippen LogP contribution in [0.1, 0.15) is 42.4 Å². The molecule has 3 heterocycles. The van der Waals surface area contributed by atoms with Crippen molar-refractivity contribution in [2.75, 3.05) is 33.4 Å². The van der Waals surface area contributed by atoms with Crippen LogP contribution in [0.15, 0.2) is 36.5 Å². The number of hydrogen-bond donors (Lipinski definition) is 1. The number of rotatable bonds is 5. The van der Waals surface area contributed by atoms with Crippen LogP contribution in [0.25, 0.3) is 11.3 Å². The predicted molar refractivity (Wildman–Crippen MR) is 124 cm³/mol. The number of pyridine rings is 1. The van der Waals surface area contributed by atoms with Crippen LogP contribution in [0.5, 0.6) is 0 Å². The number of piperidine rings is 1. The maximum Gasteiger partial charge on any atom is 0.226 e. The molecule has 5 nitrogen and oxygen atoms in total. The van der Waals surface area contributed by atoms with Crippen LogP contribution in [0.3, 0.4) is 0 Å². The van der Waals surface area contributed by atoms with E-state index in [0.29, 0.717) is 13.2 Å². The van der Waals surface area contributed by atoms with E-state index in [-0.39, 0.29) is 11.9 Å². The Morgan fingerprint density at radius 1 is 1.16 bits per heavy atom. The Hall–Kier alpha value is -2.24. The summed E-state index contributed by atoms with van der Waals surface area (Å²) in [5, 5.41) is 3.38. The first-order valence-corrected chi connectivity index (χ1v) is 11.6. The smallest absolute Gasteiger partial charge is 0.226 e. The zero-order valence-electron chi connectivity index (χ0n) is 19.1. The largest absolute Gasteiger partial charge is 0.381 e. The summed E-state index contributed by atoms with van der Waals surface area (Å²) in [4.78, 5) is 20.5. The molecule has 2 fully saturated rings. The van der Waals surface area contributed by atoms with E-state index in [1.54, 1.807) is 0 Å². The van der Waals surface area contributed by atoms with Crippen molar-refractivity contribution < 1.29 is 9.53 Å². The van der Waals surface area contributed by atoms with Crippen LogP contribution in [-0.4, -0.2) is 55.2 Å². The highest BCUT2D eigenvalue weighted by Gasteiger charge is 2.41. The number of aryl methyl sites for hydroxylation is 1. The second-order valence-electron chi connectivity index (χ2n) is 9.42. The number of ether oxygens (including phenoxy) is 1. The third-order valence-electron chi connectivity index (χ3n) is 7.23. The lowest BCUT2D eigenvalue weighted by Crippen LogP contribution is -2.51. The summed E-state index contributed by atoms with van der Waals surface area (Å²) in [7, 11) is 2.15. The molecule has 0 radical (unpaired) electrons. The first-order chi connectivity index (χ1) is 15.0. The first kappa shape index (κ1) is 22.0. The summed E-state index contributed by atoms with van der Waals surface area (Å²) in [6.45, 7) is 7.66. The Morgan fingerprint density at radius 2 is 1.90 bits per heavy atom. The Labute approximate surface area is 186 Å². The minimum atomic E-state index is -0.399. The van der Waals surface area contributed by atoms with Gasteiger partial charge in [0.05, 0.1) is 11.1 Å². The molecule has 1 amide bonds. The first-order valence-electron chi connectivity index (χ1n) is 11.6. The molecule has 0 bridgehead atoms. The maximum atomic E-state index is 13.4. The monoisotopic (exact) mass is 421 g/mol. The standard InChI is InChI=1S/C26H35N3O2/c1-19-5-4-6-23(20(19)2)24-8-7-21(18-27-24)17-26(11-15-31-16-12-26)25(30)28-22-9-13-29(3)14-10-22/h4-8,18,22H,9-17H2,1-3H3,(H,28,30). The second-order valence-corrected chi connectivity index (χ2v) is 9.42. The number of carbonyl (C=O) groups is 1. The van der Waals surface area contributed by atoms with Gasteiger partial charge in [-0.25, -0.2) is 0 Å². The highest BCUT2D eigenvalue weighted by molar-refractivity contribution is 5.83. The number of amides is 1. The van der Waals surface area contributed by atoms with Crippen LogP contribution < -0.4 is 5.32 Å². The van der Waals surface area contributed by atoms with Gasteiger partial charge in [-0.1, -0.05) is 24.3 Å². The number of aromatic nitrogens is 1. The molecule has 0 aliphatic carbocycles. The lowest BCUT2D eigenvalue weighted by molar-refractivity contribution is -0.137. The Balaban J connectivity index is 1.50. The molecule has 166 valence electrons. The summed E-state index contributed by atoms with van der Waals surface area (Å²) in [5.41, 5.74) is 5.42. The lowest BCUT2D eigenvalue weighted by atomic mass is 9.74. The SMILES string of the molecule is Cc1cccc(-c2ccc(CC3(C(=O)NC4CCN(C)CC4)CCOCC3)cn2)c1C. The van der Waals surface area contributed by atoms with Gasteiger partial charge in [0.25, 0.3) is 0 Å². The highest BCUT2D eigenvalue weighted by atomic mass is 16.5. The molecule has 0 unspecified atom stereocenters. The summed E-state index contributed by atoms with van der Waals surface area (Å²) in [6.07, 6.45) is 6.27. The minimum absolute atomic E-state index is 0.198. The van der Waals surface area contributed by atoms with Crippen LogP contribution in [0.2, 0.25) is 0 Å². The van der Waals surface area contributed by atoms with Crippen molar-refractivity contribution in [3.8, 4) is 11.3 Å². The fourth-order valence-corrected chi connectivity index (χ4v) is 4.85. The molecular formula is C26H35N3O2. The fraction of sp³-hybridized carbons (Fsp3) is 0.538. The van der Waals surface area contributed by atoms with Crippen molar-refractivity contribution in [2.24, 2.45) is 5.41 Å². The number of hydrogen-bond acceptors (Lipinski definition) is 4. The molecule has 1 N–H and O–H groups in total. The van der Waals surface area contributed by atoms with Gasteiger partial charge in [-0.05, 0) is 88.8 Å². The van der Waals surface area contributed by atoms with Crippen LogP contribution in [0.4, 0.5) is 0 Å². The zero-order valence-corrected chi connectivity index (χ0v) is 19.1. The molecular weight excluding hydrogens is 386 g/mol. The maximum absolute atomic E-state index is 13.4. The molecule has 2 aromatic rings. The van der Waals surface area contributed by atoms with Gasteiger partial charge in [0.15, 0.2) is 0 Å². The molecule has 0 saturated carbocycles. The number of nitrogens with one attached hydrogen (secondary N) is 1. The molecule has 1 aromatic heterocycles. The van der Waals surface area contributed by atoms with E-state index in [9.17, 15) is 4.79 Å². The number of likely N-dealkylation sites (tertiary alicyclic amines) is 1. The molecule has 0 spiro atoms. The van der Waals surface area contributed by atoms with E-state index in [4.69, 9.17) is 9.72 Å². The molecule has 0 atom stereocenters. The van der Waals surface area contributed by atoms with Crippen molar-refractivity contribution in [1.29, 1.82) is 0 Å². The quantitative estimate of drug-likeness (QED) is 0.795. The second kappa shape index (κ2) is 9.49. The van der Waals surface area contributed by atoms with Crippen LogP contribution >= 0.6 is 0 Å². The molecule has 1 aromatic carbocycles. The van der Waals surface area contributed by atoms with Gasteiger partial charge in [0.2, 0.25) is 5.91 Å². The third-order valence-corrected chi connectivity index (χ3v) is 7.23. The minimum Gasteiger partial charge on any atom is -0.381 e. The van der Waals surface area contributed by atoms with Gasteiger partial charge in [-0.15, -0.1) is 0 Å². The number of benzene rings is 1. The summed E-state index contributed by atoms with van der Waals surface area (Å²) >= 11 is 0. The van der Waals surface area contributed by atoms with Gasteiger partial charge in [-0.3, -0.25) is 9.78 Å². The summed E-state index contributed by atoms with van der Waals surface area (Å²) in [5.74, 6) is 0.198. The molecule has 4 rings (SSSR count). The molecule has 2 saturated heterocycles. The van der Waals surface area contributed by atoms with E-state index < -0.39 is 5.41 Å². The van der Waals surface area contributed by atoms with Crippen molar-refractivity contribution in [1.82, 2.24) is 15.2 Å². The van der Waals surface area contributed by atoms with Gasteiger partial charge < -0.3 is 15.0 Å². The molecule has 2 aliphatic heterocycles. The van der Waals surface area contributed by atoms with Crippen molar-refractivity contribution in [3.63, 3.8) is 0 Å². The Morgan fingerprint density at radius 3 is 2.58 bits per heavy atom. The Kier molecular flexibility index (Phi) is 6.73. The number of carbonyl (C=O) groups excluding carboxylic acids is 1. The summed E-state index contributed by atoms with van der Waals surface area (Å²) in [6, 6.07) is 10.9. The fourth-order valence-electron chi connectivity index (χ4n) is 4.85. The summed E-state index contributed by atoms with van der Waals surface area (Å²) < 4.78 is 5.62. The van der Waals surface area contributed by atoms with E-state index in [1.807, 2.05) is 6.20 Å². The molecule has 5 heteroatoms. The lowest BCUT2D eigenvalue weighted by Gasteiger charge is -2.38. The molecule has 2 aliphatic rings. The Bertz CT molecular complexity index is 895. The predicted octanol–water partition coefficient (Wildman–Crippen LogP) is 3.92. The van der Waals surface area contributed by atoms with E-state index in [0.717, 1.165) is 56.5 Å². The van der Waals surface area contributed by atoms with Gasteiger partial charge in [0, 0.05) is 31.0 Å². The van der Waals surface area contributed by atoms with E-state index in [1.165, 1.54) is 16.7 Å². The average molecular weight is 422 g/mol. The highest BCUT2D eigenvalue weighted by Crippen LogP contribution is 2.35. The normalized spacial score (nSPS) is 19.8. The van der Waals surface area contributed by atoms with Gasteiger partial charge in [0.1, 0.15) is 0 Å². The molecule has 31 heavy (non-hydrogen) atoms. The van der Waals surface area contributed by atoms with E-state index >= 15 is 0 Å². The van der Waals surface area contributed by atoms with Crippen molar-refractivity contribution >= 4 is 5.91 Å². The number of nitrogens with zero attached hydrogens (tertiary/aromatic N) is 2. The zero-order chi connectivity index (χ0) is 21.8. The topological polar surface area (TPSA) is 54.5 Å². The van der Waals surface area contributed by atoms with Crippen LogP contribution in [-0.2, 0) is 16.0 Å².